The average Bonchev–Trinajstić information content (AvgIpc) is 2.67. The van der Waals surface area contributed by atoms with Gasteiger partial charge in [0.25, 0.3) is 11.5 Å². The van der Waals surface area contributed by atoms with Crippen molar-refractivity contribution in [3.05, 3.63) is 40.3 Å². The van der Waals surface area contributed by atoms with Crippen molar-refractivity contribution in [2.75, 3.05) is 0 Å². The van der Waals surface area contributed by atoms with Crippen LogP contribution in [0.25, 0.3) is 10.8 Å². The maximum atomic E-state index is 12.5. The van der Waals surface area contributed by atoms with E-state index in [1.54, 1.807) is 31.2 Å². The van der Waals surface area contributed by atoms with Gasteiger partial charge < -0.3 is 10.1 Å². The molecule has 0 bridgehead atoms. The van der Waals surface area contributed by atoms with E-state index >= 15 is 0 Å². The van der Waals surface area contributed by atoms with Gasteiger partial charge in [0.05, 0.1) is 17.5 Å². The van der Waals surface area contributed by atoms with E-state index in [4.69, 9.17) is 4.74 Å². The molecule has 3 rings (SSSR count). The molecule has 7 nitrogen and oxygen atoms in total. The average molecular weight is 385 g/mol. The second-order valence-corrected chi connectivity index (χ2v) is 7.74. The van der Waals surface area contributed by atoms with Crippen LogP contribution in [0.3, 0.4) is 0 Å². The molecule has 1 aliphatic carbocycles. The summed E-state index contributed by atoms with van der Waals surface area (Å²) in [6, 6.07) is 7.05. The van der Waals surface area contributed by atoms with E-state index in [-0.39, 0.29) is 23.9 Å². The summed E-state index contributed by atoms with van der Waals surface area (Å²) in [5.41, 5.74) is 0.110. The number of fused-ring (bicyclic) bond motifs is 1. The molecular formula is C21H27N3O4. The third kappa shape index (κ3) is 4.40. The van der Waals surface area contributed by atoms with Crippen LogP contribution >= 0.6 is 0 Å². The molecule has 1 saturated carbocycles. The van der Waals surface area contributed by atoms with Crippen LogP contribution in [0.5, 0.6) is 0 Å². The Labute approximate surface area is 163 Å². The molecule has 1 aromatic carbocycles. The van der Waals surface area contributed by atoms with Crippen molar-refractivity contribution >= 4 is 22.6 Å². The molecule has 0 saturated heterocycles. The Kier molecular flexibility index (Phi) is 6.11. The van der Waals surface area contributed by atoms with Crippen LogP contribution in [0.1, 0.15) is 45.7 Å². The molecule has 7 heteroatoms. The van der Waals surface area contributed by atoms with E-state index in [0.717, 1.165) is 12.8 Å². The van der Waals surface area contributed by atoms with Gasteiger partial charge in [-0.25, -0.2) is 5.10 Å². The third-order valence-corrected chi connectivity index (χ3v) is 5.80. The zero-order valence-electron chi connectivity index (χ0n) is 16.5. The number of esters is 1. The zero-order valence-corrected chi connectivity index (χ0v) is 16.5. The van der Waals surface area contributed by atoms with Crippen molar-refractivity contribution in [3.8, 4) is 0 Å². The molecule has 1 heterocycles. The fourth-order valence-electron chi connectivity index (χ4n) is 3.82. The van der Waals surface area contributed by atoms with E-state index < -0.39 is 12.1 Å². The molecular weight excluding hydrogens is 358 g/mol. The molecule has 1 aromatic heterocycles. The molecule has 2 N–H and O–H groups in total. The van der Waals surface area contributed by atoms with Crippen molar-refractivity contribution in [2.45, 2.75) is 58.6 Å². The topological polar surface area (TPSA) is 101 Å². The van der Waals surface area contributed by atoms with Crippen molar-refractivity contribution in [1.82, 2.24) is 15.5 Å². The summed E-state index contributed by atoms with van der Waals surface area (Å²) in [6.07, 6.45) is 2.22. The first-order valence-electron chi connectivity index (χ1n) is 9.83. The molecule has 0 aliphatic heterocycles. The number of nitrogens with one attached hydrogen (secondary N) is 2. The lowest BCUT2D eigenvalue weighted by atomic mass is 9.78. The van der Waals surface area contributed by atoms with Gasteiger partial charge in [-0.2, -0.15) is 5.10 Å². The number of hydrogen-bond donors (Lipinski definition) is 2. The number of carbonyl (C=O) groups is 2. The summed E-state index contributed by atoms with van der Waals surface area (Å²) in [4.78, 5) is 36.6. The minimum Gasteiger partial charge on any atom is -0.452 e. The van der Waals surface area contributed by atoms with Gasteiger partial charge in [-0.15, -0.1) is 0 Å². The largest absolute Gasteiger partial charge is 0.452 e. The summed E-state index contributed by atoms with van der Waals surface area (Å²) in [6.45, 7) is 5.93. The van der Waals surface area contributed by atoms with Crippen LogP contribution in [0.4, 0.5) is 0 Å². The SMILES string of the molecule is C[C@H]1[C@@H](NC(=O)[C@@H](C)OC(=O)Cc2n[nH]c(=O)c3ccccc23)CCC[C@@H]1C. The number of amides is 1. The van der Waals surface area contributed by atoms with Gasteiger partial charge in [0.2, 0.25) is 0 Å². The molecule has 1 fully saturated rings. The number of nitrogens with zero attached hydrogens (tertiary/aromatic N) is 1. The lowest BCUT2D eigenvalue weighted by Gasteiger charge is -2.35. The van der Waals surface area contributed by atoms with E-state index in [9.17, 15) is 14.4 Å². The number of H-pyrrole nitrogens is 1. The zero-order chi connectivity index (χ0) is 20.3. The first kappa shape index (κ1) is 20.0. The Morgan fingerprint density at radius 2 is 1.96 bits per heavy atom. The second-order valence-electron chi connectivity index (χ2n) is 7.74. The molecule has 2 aromatic rings. The van der Waals surface area contributed by atoms with Crippen molar-refractivity contribution in [3.63, 3.8) is 0 Å². The maximum Gasteiger partial charge on any atom is 0.312 e. The molecule has 1 amide bonds. The summed E-state index contributed by atoms with van der Waals surface area (Å²) in [5.74, 6) is 0.129. The highest BCUT2D eigenvalue weighted by Crippen LogP contribution is 2.29. The Morgan fingerprint density at radius 3 is 2.71 bits per heavy atom. The summed E-state index contributed by atoms with van der Waals surface area (Å²) < 4.78 is 5.32. The molecule has 0 unspecified atom stereocenters. The number of benzene rings is 1. The van der Waals surface area contributed by atoms with Crippen molar-refractivity contribution in [1.29, 1.82) is 0 Å². The van der Waals surface area contributed by atoms with E-state index in [0.29, 0.717) is 28.3 Å². The molecule has 0 radical (unpaired) electrons. The molecule has 150 valence electrons. The predicted octanol–water partition coefficient (Wildman–Crippen LogP) is 2.34. The van der Waals surface area contributed by atoms with Crippen molar-refractivity contribution in [2.24, 2.45) is 11.8 Å². The van der Waals surface area contributed by atoms with E-state index in [1.165, 1.54) is 6.42 Å². The van der Waals surface area contributed by atoms with Crippen LogP contribution in [0.2, 0.25) is 0 Å². The Morgan fingerprint density at radius 1 is 1.25 bits per heavy atom. The Hall–Kier alpha value is -2.70. The number of carbonyl (C=O) groups excluding carboxylic acids is 2. The quantitative estimate of drug-likeness (QED) is 0.770. The van der Waals surface area contributed by atoms with Gasteiger partial charge in [0.15, 0.2) is 6.10 Å². The summed E-state index contributed by atoms with van der Waals surface area (Å²) >= 11 is 0. The fourth-order valence-corrected chi connectivity index (χ4v) is 3.82. The smallest absolute Gasteiger partial charge is 0.312 e. The van der Waals surface area contributed by atoms with Crippen molar-refractivity contribution < 1.29 is 14.3 Å². The minimum atomic E-state index is -0.883. The molecule has 4 atom stereocenters. The highest BCUT2D eigenvalue weighted by atomic mass is 16.5. The highest BCUT2D eigenvalue weighted by molar-refractivity contribution is 5.88. The van der Waals surface area contributed by atoms with Gasteiger partial charge >= 0.3 is 5.97 Å². The number of hydrogen-bond acceptors (Lipinski definition) is 5. The summed E-state index contributed by atoms with van der Waals surface area (Å²) in [5, 5.41) is 10.5. The van der Waals surface area contributed by atoms with E-state index in [2.05, 4.69) is 29.4 Å². The third-order valence-electron chi connectivity index (χ3n) is 5.80. The van der Waals surface area contributed by atoms with Crippen LogP contribution in [-0.4, -0.2) is 34.2 Å². The highest BCUT2D eigenvalue weighted by Gasteiger charge is 2.30. The first-order chi connectivity index (χ1) is 13.4. The van der Waals surface area contributed by atoms with Gasteiger partial charge in [-0.3, -0.25) is 14.4 Å². The predicted molar refractivity (Wildman–Crippen MR) is 106 cm³/mol. The number of rotatable bonds is 5. The number of aromatic nitrogens is 2. The van der Waals surface area contributed by atoms with Crippen LogP contribution in [0, 0.1) is 11.8 Å². The fraction of sp³-hybridized carbons (Fsp3) is 0.524. The second kappa shape index (κ2) is 8.54. The normalized spacial score (nSPS) is 23.2. The van der Waals surface area contributed by atoms with Gasteiger partial charge in [-0.1, -0.05) is 44.9 Å². The number of ether oxygens (including phenoxy) is 1. The lowest BCUT2D eigenvalue weighted by Crippen LogP contribution is -2.47. The van der Waals surface area contributed by atoms with Gasteiger partial charge in [-0.05, 0) is 31.2 Å². The number of aromatic amines is 1. The van der Waals surface area contributed by atoms with Crippen LogP contribution in [-0.2, 0) is 20.7 Å². The monoisotopic (exact) mass is 385 g/mol. The molecule has 1 aliphatic rings. The summed E-state index contributed by atoms with van der Waals surface area (Å²) in [7, 11) is 0. The molecule has 28 heavy (non-hydrogen) atoms. The van der Waals surface area contributed by atoms with Gasteiger partial charge in [0.1, 0.15) is 0 Å². The minimum absolute atomic E-state index is 0.113. The van der Waals surface area contributed by atoms with E-state index in [1.807, 2.05) is 0 Å². The lowest BCUT2D eigenvalue weighted by molar-refractivity contribution is -0.154. The van der Waals surface area contributed by atoms with Gasteiger partial charge in [0, 0.05) is 11.4 Å². The van der Waals surface area contributed by atoms with Crippen LogP contribution < -0.4 is 10.9 Å². The Balaban J connectivity index is 1.61. The maximum absolute atomic E-state index is 12.5. The van der Waals surface area contributed by atoms with Crippen LogP contribution in [0.15, 0.2) is 29.1 Å². The molecule has 0 spiro atoms. The Bertz CT molecular complexity index is 923. The first-order valence-corrected chi connectivity index (χ1v) is 9.83. The standard InChI is InChI=1S/C21H27N3O4/c1-12-7-6-10-17(13(12)2)22-20(26)14(3)28-19(25)11-18-15-8-4-5-9-16(15)21(27)24-23-18/h4-5,8-9,12-14,17H,6-7,10-11H2,1-3H3,(H,22,26)(H,24,27)/t12-,13+,14+,17-/m0/s1.